The predicted octanol–water partition coefficient (Wildman–Crippen LogP) is 1.35. The zero-order valence-corrected chi connectivity index (χ0v) is 7.06. The summed E-state index contributed by atoms with van der Waals surface area (Å²) in [6.45, 7) is 5.27. The molecule has 10 heavy (non-hydrogen) atoms. The fourth-order valence-corrected chi connectivity index (χ4v) is 1.42. The van der Waals surface area contributed by atoms with Gasteiger partial charge in [-0.2, -0.15) is 0 Å². The molecule has 1 aliphatic rings. The van der Waals surface area contributed by atoms with Crippen LogP contribution in [-0.2, 0) is 0 Å². The number of hydrogen-bond donors (Lipinski definition) is 0. The molecule has 1 heterocycles. The zero-order valence-electron chi connectivity index (χ0n) is 6.31. The van der Waals surface area contributed by atoms with E-state index in [0.717, 1.165) is 25.5 Å². The highest BCUT2D eigenvalue weighted by molar-refractivity contribution is 6.28. The summed E-state index contributed by atoms with van der Waals surface area (Å²) in [5.74, 6) is 1.64. The highest BCUT2D eigenvalue weighted by Gasteiger charge is 2.13. The van der Waals surface area contributed by atoms with Crippen molar-refractivity contribution in [3.05, 3.63) is 0 Å². The Labute approximate surface area is 66.9 Å². The van der Waals surface area contributed by atoms with Gasteiger partial charge >= 0.3 is 0 Å². The second kappa shape index (κ2) is 3.81. The molecule has 0 saturated heterocycles. The standard InChI is InChI=1S/C7H13ClN2/c1-2-4-10-5-3-9-7(10)6-8/h2-6H2,1H3. The maximum Gasteiger partial charge on any atom is 0.114 e. The first-order valence-electron chi connectivity index (χ1n) is 3.72. The van der Waals surface area contributed by atoms with Crippen LogP contribution in [0.2, 0.25) is 0 Å². The van der Waals surface area contributed by atoms with E-state index in [1.807, 2.05) is 0 Å². The van der Waals surface area contributed by atoms with Gasteiger partial charge in [0.1, 0.15) is 5.84 Å². The highest BCUT2D eigenvalue weighted by Crippen LogP contribution is 2.03. The second-order valence-electron chi connectivity index (χ2n) is 2.42. The van der Waals surface area contributed by atoms with Crippen LogP contribution in [0.1, 0.15) is 13.3 Å². The Morgan fingerprint density at radius 3 is 3.10 bits per heavy atom. The van der Waals surface area contributed by atoms with Gasteiger partial charge in [0.25, 0.3) is 0 Å². The molecule has 58 valence electrons. The van der Waals surface area contributed by atoms with Crippen molar-refractivity contribution in [1.29, 1.82) is 0 Å². The first-order valence-corrected chi connectivity index (χ1v) is 4.26. The van der Waals surface area contributed by atoms with Gasteiger partial charge in [-0.15, -0.1) is 11.6 Å². The fraction of sp³-hybridized carbons (Fsp3) is 0.857. The molecule has 0 aliphatic carbocycles. The Balaban J connectivity index is 2.38. The Morgan fingerprint density at radius 2 is 2.50 bits per heavy atom. The van der Waals surface area contributed by atoms with E-state index in [4.69, 9.17) is 11.6 Å². The molecule has 0 amide bonds. The Morgan fingerprint density at radius 1 is 1.70 bits per heavy atom. The number of aliphatic imine (C=N–C) groups is 1. The number of halogens is 1. The average molecular weight is 161 g/mol. The maximum absolute atomic E-state index is 5.67. The normalized spacial score (nSPS) is 17.8. The number of alkyl halides is 1. The summed E-state index contributed by atoms with van der Waals surface area (Å²) >= 11 is 5.67. The number of hydrogen-bond acceptors (Lipinski definition) is 2. The number of rotatable bonds is 3. The van der Waals surface area contributed by atoms with Gasteiger partial charge in [-0.3, -0.25) is 4.99 Å². The molecule has 0 aromatic carbocycles. The minimum Gasteiger partial charge on any atom is -0.358 e. The molecule has 0 aromatic rings. The van der Waals surface area contributed by atoms with Gasteiger partial charge in [-0.25, -0.2) is 0 Å². The van der Waals surface area contributed by atoms with E-state index in [2.05, 4.69) is 16.8 Å². The third kappa shape index (κ3) is 1.63. The Kier molecular flexibility index (Phi) is 3.00. The minimum atomic E-state index is 0.569. The predicted molar refractivity (Wildman–Crippen MR) is 44.9 cm³/mol. The Bertz CT molecular complexity index is 134. The lowest BCUT2D eigenvalue weighted by Gasteiger charge is -2.17. The van der Waals surface area contributed by atoms with E-state index in [9.17, 15) is 0 Å². The molecule has 0 unspecified atom stereocenters. The molecule has 1 rings (SSSR count). The molecule has 0 bridgehead atoms. The van der Waals surface area contributed by atoms with Gasteiger partial charge in [-0.1, -0.05) is 6.92 Å². The van der Waals surface area contributed by atoms with Gasteiger partial charge in [0.2, 0.25) is 0 Å². The van der Waals surface area contributed by atoms with Crippen molar-refractivity contribution >= 4 is 17.4 Å². The molecule has 1 aliphatic heterocycles. The zero-order chi connectivity index (χ0) is 7.40. The Hall–Kier alpha value is -0.240. The third-order valence-corrected chi connectivity index (χ3v) is 1.88. The van der Waals surface area contributed by atoms with Crippen LogP contribution in [0.3, 0.4) is 0 Å². The molecular formula is C7H13ClN2. The first kappa shape index (κ1) is 7.86. The van der Waals surface area contributed by atoms with Gasteiger partial charge in [0, 0.05) is 13.1 Å². The summed E-state index contributed by atoms with van der Waals surface area (Å²) in [5, 5.41) is 0. The van der Waals surface area contributed by atoms with Crippen molar-refractivity contribution < 1.29 is 0 Å². The van der Waals surface area contributed by atoms with E-state index in [0.29, 0.717) is 5.88 Å². The molecule has 2 nitrogen and oxygen atoms in total. The molecule has 0 fully saturated rings. The first-order chi connectivity index (χ1) is 4.88. The van der Waals surface area contributed by atoms with Crippen molar-refractivity contribution in [2.45, 2.75) is 13.3 Å². The largest absolute Gasteiger partial charge is 0.358 e. The van der Waals surface area contributed by atoms with Crippen LogP contribution in [0.25, 0.3) is 0 Å². The highest BCUT2D eigenvalue weighted by atomic mass is 35.5. The summed E-state index contributed by atoms with van der Waals surface area (Å²) in [6, 6.07) is 0. The molecule has 0 atom stereocenters. The van der Waals surface area contributed by atoms with E-state index >= 15 is 0 Å². The van der Waals surface area contributed by atoms with Crippen LogP contribution < -0.4 is 0 Å². The van der Waals surface area contributed by atoms with Crippen LogP contribution in [0.4, 0.5) is 0 Å². The molecule has 0 radical (unpaired) electrons. The van der Waals surface area contributed by atoms with E-state index < -0.39 is 0 Å². The minimum absolute atomic E-state index is 0.569. The van der Waals surface area contributed by atoms with E-state index in [1.54, 1.807) is 0 Å². The van der Waals surface area contributed by atoms with E-state index in [-0.39, 0.29) is 0 Å². The smallest absolute Gasteiger partial charge is 0.114 e. The van der Waals surface area contributed by atoms with Crippen molar-refractivity contribution in [3.63, 3.8) is 0 Å². The number of amidine groups is 1. The molecular weight excluding hydrogens is 148 g/mol. The molecule has 0 spiro atoms. The topological polar surface area (TPSA) is 15.6 Å². The third-order valence-electron chi connectivity index (χ3n) is 1.64. The summed E-state index contributed by atoms with van der Waals surface area (Å²) < 4.78 is 0. The summed E-state index contributed by atoms with van der Waals surface area (Å²) in [6.07, 6.45) is 1.18. The van der Waals surface area contributed by atoms with Crippen LogP contribution in [-0.4, -0.2) is 36.2 Å². The molecule has 0 saturated carbocycles. The molecule has 3 heteroatoms. The van der Waals surface area contributed by atoms with Crippen molar-refractivity contribution in [1.82, 2.24) is 4.90 Å². The average Bonchev–Trinajstić information content (AvgIpc) is 2.36. The number of nitrogens with zero attached hydrogens (tertiary/aromatic N) is 2. The van der Waals surface area contributed by atoms with Crippen molar-refractivity contribution in [2.24, 2.45) is 4.99 Å². The van der Waals surface area contributed by atoms with Gasteiger partial charge < -0.3 is 4.90 Å². The van der Waals surface area contributed by atoms with Crippen LogP contribution in [0, 0.1) is 0 Å². The van der Waals surface area contributed by atoms with Gasteiger partial charge in [0.05, 0.1) is 12.4 Å². The van der Waals surface area contributed by atoms with Crippen molar-refractivity contribution in [3.8, 4) is 0 Å². The lowest BCUT2D eigenvalue weighted by molar-refractivity contribution is 0.454. The lowest BCUT2D eigenvalue weighted by Crippen LogP contribution is -2.29. The van der Waals surface area contributed by atoms with Gasteiger partial charge in [0.15, 0.2) is 0 Å². The SMILES string of the molecule is CCCN1CCN=C1CCl. The van der Waals surface area contributed by atoms with Gasteiger partial charge in [-0.05, 0) is 6.42 Å². The summed E-state index contributed by atoms with van der Waals surface area (Å²) in [5.41, 5.74) is 0. The maximum atomic E-state index is 5.67. The van der Waals surface area contributed by atoms with Crippen molar-refractivity contribution in [2.75, 3.05) is 25.5 Å². The quantitative estimate of drug-likeness (QED) is 0.570. The van der Waals surface area contributed by atoms with E-state index in [1.165, 1.54) is 6.42 Å². The van der Waals surface area contributed by atoms with Crippen LogP contribution in [0.5, 0.6) is 0 Å². The summed E-state index contributed by atoms with van der Waals surface area (Å²) in [7, 11) is 0. The van der Waals surface area contributed by atoms with Crippen LogP contribution in [0.15, 0.2) is 4.99 Å². The van der Waals surface area contributed by atoms with Crippen LogP contribution >= 0.6 is 11.6 Å². The molecule has 0 aromatic heterocycles. The fourth-order valence-electron chi connectivity index (χ4n) is 1.17. The molecule has 0 N–H and O–H groups in total. The monoisotopic (exact) mass is 160 g/mol. The summed E-state index contributed by atoms with van der Waals surface area (Å²) in [4.78, 5) is 6.52. The lowest BCUT2D eigenvalue weighted by atomic mass is 10.4. The second-order valence-corrected chi connectivity index (χ2v) is 2.69.